The van der Waals surface area contributed by atoms with Crippen molar-refractivity contribution in [2.24, 2.45) is 0 Å². The molecule has 8 nitrogen and oxygen atoms in total. The van der Waals surface area contributed by atoms with E-state index in [0.29, 0.717) is 29.9 Å². The average molecular weight is 514 g/mol. The fourth-order valence-electron chi connectivity index (χ4n) is 3.97. The summed E-state index contributed by atoms with van der Waals surface area (Å²) in [6.45, 7) is 6.08. The number of amides is 1. The van der Waals surface area contributed by atoms with E-state index < -0.39 is 20.0 Å². The Hall–Kier alpha value is -3.37. The van der Waals surface area contributed by atoms with Crippen molar-refractivity contribution in [2.75, 3.05) is 20.9 Å². The molecule has 3 aromatic rings. The van der Waals surface area contributed by atoms with Crippen LogP contribution in [0.2, 0.25) is 0 Å². The lowest BCUT2D eigenvalue weighted by Crippen LogP contribution is -2.24. The number of hydrogen-bond acceptors (Lipinski definition) is 5. The zero-order valence-corrected chi connectivity index (χ0v) is 21.3. The Balaban J connectivity index is 1.51. The molecule has 0 aliphatic carbocycles. The minimum atomic E-state index is -3.92. The van der Waals surface area contributed by atoms with E-state index in [4.69, 9.17) is 0 Å². The molecule has 1 saturated heterocycles. The predicted molar refractivity (Wildman–Crippen MR) is 137 cm³/mol. The number of anilines is 3. The maximum absolute atomic E-state index is 12.9. The van der Waals surface area contributed by atoms with Gasteiger partial charge >= 0.3 is 0 Å². The molecule has 0 spiro atoms. The van der Waals surface area contributed by atoms with Gasteiger partial charge in [-0.05, 0) is 92.4 Å². The highest BCUT2D eigenvalue weighted by atomic mass is 32.2. The summed E-state index contributed by atoms with van der Waals surface area (Å²) in [7, 11) is -7.76. The molecule has 2 N–H and O–H groups in total. The first-order chi connectivity index (χ1) is 16.5. The molecule has 1 amide bonds. The van der Waals surface area contributed by atoms with Crippen molar-refractivity contribution in [3.05, 3.63) is 77.4 Å². The molecule has 0 radical (unpaired) electrons. The smallest absolute Gasteiger partial charge is 0.261 e. The van der Waals surface area contributed by atoms with E-state index >= 15 is 0 Å². The second-order valence-corrected chi connectivity index (χ2v) is 12.0. The molecule has 0 atom stereocenters. The highest BCUT2D eigenvalue weighted by molar-refractivity contribution is 7.93. The molecule has 10 heteroatoms. The van der Waals surface area contributed by atoms with Crippen LogP contribution in [0.3, 0.4) is 0 Å². The van der Waals surface area contributed by atoms with Crippen molar-refractivity contribution in [3.8, 4) is 0 Å². The lowest BCUT2D eigenvalue weighted by atomic mass is 10.1. The van der Waals surface area contributed by atoms with Crippen molar-refractivity contribution in [1.82, 2.24) is 0 Å². The Kier molecular flexibility index (Phi) is 6.61. The third kappa shape index (κ3) is 5.33. The van der Waals surface area contributed by atoms with Crippen LogP contribution in [0.5, 0.6) is 0 Å². The van der Waals surface area contributed by atoms with E-state index in [1.165, 1.54) is 36.4 Å². The molecular weight excluding hydrogens is 486 g/mol. The zero-order chi connectivity index (χ0) is 25.4. The van der Waals surface area contributed by atoms with Crippen LogP contribution in [-0.4, -0.2) is 29.3 Å². The van der Waals surface area contributed by atoms with Crippen molar-refractivity contribution in [3.63, 3.8) is 0 Å². The van der Waals surface area contributed by atoms with Gasteiger partial charge in [-0.25, -0.2) is 16.8 Å². The third-order valence-corrected chi connectivity index (χ3v) is 8.66. The van der Waals surface area contributed by atoms with Crippen LogP contribution in [0, 0.1) is 20.8 Å². The van der Waals surface area contributed by atoms with Crippen molar-refractivity contribution in [1.29, 1.82) is 0 Å². The van der Waals surface area contributed by atoms with E-state index in [1.54, 1.807) is 24.0 Å². The molecule has 1 aliphatic rings. The van der Waals surface area contributed by atoms with Gasteiger partial charge in [-0.1, -0.05) is 12.1 Å². The first-order valence-corrected chi connectivity index (χ1v) is 14.1. The molecule has 184 valence electrons. The number of benzene rings is 3. The third-order valence-electron chi connectivity index (χ3n) is 5.90. The molecule has 1 aliphatic heterocycles. The second kappa shape index (κ2) is 9.35. The Morgan fingerprint density at radius 1 is 0.743 bits per heavy atom. The fraction of sp³-hybridized carbons (Fsp3) is 0.240. The number of carbonyl (C=O) groups is 1. The average Bonchev–Trinajstić information content (AvgIpc) is 3.21. The highest BCUT2D eigenvalue weighted by Crippen LogP contribution is 2.28. The SMILES string of the molecule is Cc1ccc(C)c(NS(=O)(=O)c2ccc(NS(=O)(=O)c3ccc(N4CCCC4=O)c(C)c3)cc2)c1. The van der Waals surface area contributed by atoms with Crippen LogP contribution in [0.15, 0.2) is 70.5 Å². The Morgan fingerprint density at radius 3 is 2.03 bits per heavy atom. The van der Waals surface area contributed by atoms with Gasteiger partial charge in [-0.3, -0.25) is 14.2 Å². The summed E-state index contributed by atoms with van der Waals surface area (Å²) in [5, 5.41) is 0. The molecule has 0 saturated carbocycles. The Morgan fingerprint density at radius 2 is 1.40 bits per heavy atom. The summed E-state index contributed by atoms with van der Waals surface area (Å²) >= 11 is 0. The van der Waals surface area contributed by atoms with Gasteiger partial charge in [-0.2, -0.15) is 0 Å². The minimum absolute atomic E-state index is 0.0110. The summed E-state index contributed by atoms with van der Waals surface area (Å²) in [6.07, 6.45) is 1.28. The summed E-state index contributed by atoms with van der Waals surface area (Å²) in [4.78, 5) is 13.8. The highest BCUT2D eigenvalue weighted by Gasteiger charge is 2.24. The number of nitrogens with zero attached hydrogens (tertiary/aromatic N) is 1. The van der Waals surface area contributed by atoms with E-state index in [0.717, 1.165) is 17.5 Å². The molecular formula is C25H27N3O5S2. The summed E-state index contributed by atoms with van der Waals surface area (Å²) in [6, 6.07) is 15.6. The molecule has 0 aromatic heterocycles. The van der Waals surface area contributed by atoms with Crippen molar-refractivity contribution >= 4 is 43.0 Å². The second-order valence-electron chi connectivity index (χ2n) is 8.65. The summed E-state index contributed by atoms with van der Waals surface area (Å²) < 4.78 is 56.5. The Labute approximate surface area is 206 Å². The number of carbonyl (C=O) groups excluding carboxylic acids is 1. The van der Waals surface area contributed by atoms with E-state index in [-0.39, 0.29) is 21.4 Å². The normalized spacial score (nSPS) is 14.3. The molecule has 0 unspecified atom stereocenters. The molecule has 4 rings (SSSR count). The quantitative estimate of drug-likeness (QED) is 0.488. The molecule has 0 bridgehead atoms. The molecule has 3 aromatic carbocycles. The van der Waals surface area contributed by atoms with Gasteiger partial charge in [0.15, 0.2) is 0 Å². The maximum atomic E-state index is 12.9. The van der Waals surface area contributed by atoms with Crippen LogP contribution in [0.1, 0.15) is 29.5 Å². The van der Waals surface area contributed by atoms with Gasteiger partial charge in [0.05, 0.1) is 15.5 Å². The number of rotatable bonds is 7. The van der Waals surface area contributed by atoms with Gasteiger partial charge in [0.25, 0.3) is 20.0 Å². The number of aryl methyl sites for hydroxylation is 3. The largest absolute Gasteiger partial charge is 0.312 e. The van der Waals surface area contributed by atoms with Gasteiger partial charge in [-0.15, -0.1) is 0 Å². The van der Waals surface area contributed by atoms with Gasteiger partial charge in [0, 0.05) is 24.3 Å². The molecule has 1 heterocycles. The fourth-order valence-corrected chi connectivity index (χ4v) is 6.23. The lowest BCUT2D eigenvalue weighted by molar-refractivity contribution is -0.117. The van der Waals surface area contributed by atoms with Gasteiger partial charge in [0.2, 0.25) is 5.91 Å². The summed E-state index contributed by atoms with van der Waals surface area (Å²) in [5.41, 5.74) is 3.82. The van der Waals surface area contributed by atoms with E-state index in [2.05, 4.69) is 9.44 Å². The number of sulfonamides is 2. The van der Waals surface area contributed by atoms with E-state index in [1.807, 2.05) is 26.0 Å². The first kappa shape index (κ1) is 24.7. The van der Waals surface area contributed by atoms with E-state index in [9.17, 15) is 21.6 Å². The van der Waals surface area contributed by atoms with Crippen LogP contribution < -0.4 is 14.3 Å². The van der Waals surface area contributed by atoms with Gasteiger partial charge in [0.1, 0.15) is 0 Å². The standard InChI is InChI=1S/C25H27N3O5S2/c1-17-6-7-18(2)23(15-17)27-34(30,31)21-10-8-20(9-11-21)26-35(32,33)22-12-13-24(19(3)16-22)28-14-4-5-25(28)29/h6-13,15-16,26-27H,4-5,14H2,1-3H3. The summed E-state index contributed by atoms with van der Waals surface area (Å²) in [5.74, 6) is 0.0314. The molecule has 35 heavy (non-hydrogen) atoms. The number of hydrogen-bond donors (Lipinski definition) is 2. The van der Waals surface area contributed by atoms with Crippen LogP contribution in [0.25, 0.3) is 0 Å². The Bertz CT molecular complexity index is 1500. The van der Waals surface area contributed by atoms with Crippen molar-refractivity contribution < 1.29 is 21.6 Å². The monoisotopic (exact) mass is 513 g/mol. The predicted octanol–water partition coefficient (Wildman–Crippen LogP) is 4.34. The lowest BCUT2D eigenvalue weighted by Gasteiger charge is -2.19. The molecule has 1 fully saturated rings. The number of nitrogens with one attached hydrogen (secondary N) is 2. The van der Waals surface area contributed by atoms with Crippen LogP contribution in [-0.2, 0) is 24.8 Å². The van der Waals surface area contributed by atoms with Crippen LogP contribution >= 0.6 is 0 Å². The zero-order valence-electron chi connectivity index (χ0n) is 19.7. The van der Waals surface area contributed by atoms with Crippen LogP contribution in [0.4, 0.5) is 17.1 Å². The van der Waals surface area contributed by atoms with Gasteiger partial charge < -0.3 is 4.90 Å². The minimum Gasteiger partial charge on any atom is -0.312 e. The first-order valence-electron chi connectivity index (χ1n) is 11.1. The maximum Gasteiger partial charge on any atom is 0.261 e. The topological polar surface area (TPSA) is 113 Å². The van der Waals surface area contributed by atoms with Crippen molar-refractivity contribution in [2.45, 2.75) is 43.4 Å².